The summed E-state index contributed by atoms with van der Waals surface area (Å²) in [6.45, 7) is 2.24. The van der Waals surface area contributed by atoms with Crippen LogP contribution >= 0.6 is 22.7 Å². The predicted octanol–water partition coefficient (Wildman–Crippen LogP) is 5.90. The van der Waals surface area contributed by atoms with Crippen molar-refractivity contribution in [1.82, 2.24) is 4.98 Å². The summed E-state index contributed by atoms with van der Waals surface area (Å²) < 4.78 is 6.17. The van der Waals surface area contributed by atoms with Gasteiger partial charge in [-0.2, -0.15) is 0 Å². The SMILES string of the molecule is C[C@H]1CCc2c(sc(NC(=O)c3ccc([N+](=O)[O-])o3)c2-c2nc3ccccc3s2)C1. The summed E-state index contributed by atoms with van der Waals surface area (Å²) in [7, 11) is 0. The molecule has 1 aliphatic carbocycles. The average molecular weight is 440 g/mol. The van der Waals surface area contributed by atoms with Crippen molar-refractivity contribution < 1.29 is 14.1 Å². The number of rotatable bonds is 4. The molecule has 1 aliphatic rings. The van der Waals surface area contributed by atoms with Gasteiger partial charge in [0.05, 0.1) is 16.3 Å². The molecule has 152 valence electrons. The molecule has 0 bridgehead atoms. The van der Waals surface area contributed by atoms with Gasteiger partial charge in [0.15, 0.2) is 5.76 Å². The van der Waals surface area contributed by atoms with Gasteiger partial charge in [-0.05, 0) is 48.9 Å². The summed E-state index contributed by atoms with van der Waals surface area (Å²) in [5.41, 5.74) is 3.15. The van der Waals surface area contributed by atoms with Gasteiger partial charge >= 0.3 is 5.88 Å². The highest BCUT2D eigenvalue weighted by Gasteiger charge is 2.28. The fourth-order valence-corrected chi connectivity index (χ4v) is 6.27. The maximum atomic E-state index is 12.7. The molecule has 3 aromatic heterocycles. The molecule has 0 saturated heterocycles. The number of aromatic nitrogens is 1. The minimum atomic E-state index is -0.658. The van der Waals surface area contributed by atoms with E-state index in [2.05, 4.69) is 12.2 Å². The largest absolute Gasteiger partial charge is 0.433 e. The van der Waals surface area contributed by atoms with Gasteiger partial charge < -0.3 is 9.73 Å². The van der Waals surface area contributed by atoms with Gasteiger partial charge in [-0.1, -0.05) is 19.1 Å². The Bertz CT molecular complexity index is 1250. The number of hydrogen-bond donors (Lipinski definition) is 1. The van der Waals surface area contributed by atoms with Crippen molar-refractivity contribution in [2.24, 2.45) is 5.92 Å². The summed E-state index contributed by atoms with van der Waals surface area (Å²) in [5, 5.41) is 15.4. The van der Waals surface area contributed by atoms with Crippen LogP contribution in [0.4, 0.5) is 10.9 Å². The minimum Gasteiger partial charge on any atom is -0.395 e. The number of nitro groups is 1. The number of carbonyl (C=O) groups is 1. The van der Waals surface area contributed by atoms with E-state index < -0.39 is 16.7 Å². The molecule has 0 unspecified atom stereocenters. The summed E-state index contributed by atoms with van der Waals surface area (Å²) >= 11 is 3.17. The molecule has 9 heteroatoms. The highest BCUT2D eigenvalue weighted by atomic mass is 32.1. The van der Waals surface area contributed by atoms with Crippen LogP contribution in [0, 0.1) is 16.0 Å². The zero-order valence-electron chi connectivity index (χ0n) is 16.0. The highest BCUT2D eigenvalue weighted by molar-refractivity contribution is 7.23. The van der Waals surface area contributed by atoms with Crippen molar-refractivity contribution in [1.29, 1.82) is 0 Å². The third-order valence-corrected chi connectivity index (χ3v) is 7.47. The Balaban J connectivity index is 1.57. The summed E-state index contributed by atoms with van der Waals surface area (Å²) in [4.78, 5) is 29.0. The topological polar surface area (TPSA) is 98.3 Å². The third-order valence-electron chi connectivity index (χ3n) is 5.24. The molecule has 30 heavy (non-hydrogen) atoms. The molecular formula is C21H17N3O4S2. The monoisotopic (exact) mass is 439 g/mol. The first-order valence-electron chi connectivity index (χ1n) is 9.55. The Morgan fingerprint density at radius 3 is 2.87 bits per heavy atom. The fraction of sp³-hybridized carbons (Fsp3) is 0.238. The number of benzene rings is 1. The van der Waals surface area contributed by atoms with E-state index in [0.29, 0.717) is 5.92 Å². The van der Waals surface area contributed by atoms with E-state index in [-0.39, 0.29) is 5.76 Å². The zero-order valence-corrected chi connectivity index (χ0v) is 17.6. The van der Waals surface area contributed by atoms with Crippen molar-refractivity contribution in [3.8, 4) is 10.6 Å². The standard InChI is InChI=1S/C21H17N3O4S2/c1-11-6-7-12-16(10-11)30-21(23-19(25)14-8-9-17(28-14)24(26)27)18(12)20-22-13-4-2-3-5-15(13)29-20/h2-5,8-9,11H,6-7,10H2,1H3,(H,23,25)/t11-/m0/s1. The molecule has 4 aromatic rings. The van der Waals surface area contributed by atoms with Crippen LogP contribution in [0.2, 0.25) is 0 Å². The van der Waals surface area contributed by atoms with Crippen molar-refractivity contribution in [2.45, 2.75) is 26.2 Å². The first kappa shape index (κ1) is 19.0. The molecule has 0 saturated carbocycles. The molecule has 1 amide bonds. The molecule has 0 spiro atoms. The molecule has 3 heterocycles. The summed E-state index contributed by atoms with van der Waals surface area (Å²) in [6.07, 6.45) is 3.01. The lowest BCUT2D eigenvalue weighted by Crippen LogP contribution is -2.11. The van der Waals surface area contributed by atoms with Gasteiger partial charge in [0, 0.05) is 10.4 Å². The second-order valence-electron chi connectivity index (χ2n) is 7.39. The Morgan fingerprint density at radius 2 is 2.10 bits per heavy atom. The van der Waals surface area contributed by atoms with Gasteiger partial charge in [0.1, 0.15) is 14.9 Å². The maximum Gasteiger partial charge on any atom is 0.433 e. The van der Waals surface area contributed by atoms with Crippen LogP contribution in [0.3, 0.4) is 0 Å². The van der Waals surface area contributed by atoms with Crippen molar-refractivity contribution in [3.05, 3.63) is 62.7 Å². The molecule has 1 aromatic carbocycles. The van der Waals surface area contributed by atoms with Crippen molar-refractivity contribution >= 4 is 49.7 Å². The second kappa shape index (κ2) is 7.33. The average Bonchev–Trinajstić information content (AvgIpc) is 3.43. The normalized spacial score (nSPS) is 15.8. The van der Waals surface area contributed by atoms with Crippen LogP contribution in [0.25, 0.3) is 20.8 Å². The Labute approximate surface area is 179 Å². The van der Waals surface area contributed by atoms with E-state index in [1.807, 2.05) is 24.3 Å². The van der Waals surface area contributed by atoms with E-state index in [1.165, 1.54) is 22.6 Å². The molecule has 1 N–H and O–H groups in total. The van der Waals surface area contributed by atoms with Gasteiger partial charge in [0.25, 0.3) is 5.91 Å². The Hall–Kier alpha value is -3.04. The number of amides is 1. The number of thiophene rings is 1. The molecule has 1 atom stereocenters. The number of hydrogen-bond acceptors (Lipinski definition) is 7. The van der Waals surface area contributed by atoms with E-state index in [4.69, 9.17) is 9.40 Å². The van der Waals surface area contributed by atoms with E-state index in [9.17, 15) is 14.9 Å². The molecule has 5 rings (SSSR count). The lowest BCUT2D eigenvalue weighted by atomic mass is 9.88. The summed E-state index contributed by atoms with van der Waals surface area (Å²) in [5.74, 6) is -0.449. The van der Waals surface area contributed by atoms with Crippen LogP contribution in [0.5, 0.6) is 0 Å². The molecule has 0 aliphatic heterocycles. The number of para-hydroxylation sites is 1. The van der Waals surface area contributed by atoms with Crippen molar-refractivity contribution in [3.63, 3.8) is 0 Å². The molecule has 0 fully saturated rings. The zero-order chi connectivity index (χ0) is 20.8. The predicted molar refractivity (Wildman–Crippen MR) is 117 cm³/mol. The van der Waals surface area contributed by atoms with Gasteiger partial charge in [-0.3, -0.25) is 14.9 Å². The number of nitrogens with one attached hydrogen (secondary N) is 1. The molecule has 0 radical (unpaired) electrons. The van der Waals surface area contributed by atoms with Gasteiger partial charge in [0.2, 0.25) is 0 Å². The number of fused-ring (bicyclic) bond motifs is 2. The number of thiazole rings is 1. The second-order valence-corrected chi connectivity index (χ2v) is 9.53. The fourth-order valence-electron chi connectivity index (χ4n) is 3.76. The van der Waals surface area contributed by atoms with Crippen LogP contribution < -0.4 is 5.32 Å². The highest BCUT2D eigenvalue weighted by Crippen LogP contribution is 2.47. The van der Waals surface area contributed by atoms with Gasteiger partial charge in [-0.25, -0.2) is 4.98 Å². The third kappa shape index (κ3) is 3.29. The molecule has 7 nitrogen and oxygen atoms in total. The van der Waals surface area contributed by atoms with Crippen LogP contribution in [0.15, 0.2) is 40.8 Å². The first-order valence-corrected chi connectivity index (χ1v) is 11.2. The van der Waals surface area contributed by atoms with Crippen LogP contribution in [-0.2, 0) is 12.8 Å². The summed E-state index contributed by atoms with van der Waals surface area (Å²) in [6, 6.07) is 10.5. The number of nitrogens with zero attached hydrogens (tertiary/aromatic N) is 2. The van der Waals surface area contributed by atoms with Gasteiger partial charge in [-0.15, -0.1) is 22.7 Å². The van der Waals surface area contributed by atoms with E-state index in [0.717, 1.165) is 45.1 Å². The Morgan fingerprint density at radius 1 is 1.27 bits per heavy atom. The number of anilines is 1. The van der Waals surface area contributed by atoms with Crippen LogP contribution in [0.1, 0.15) is 34.3 Å². The Kier molecular flexibility index (Phi) is 4.63. The lowest BCUT2D eigenvalue weighted by Gasteiger charge is -2.18. The minimum absolute atomic E-state index is 0.0864. The quantitative estimate of drug-likeness (QED) is 0.315. The van der Waals surface area contributed by atoms with E-state index >= 15 is 0 Å². The number of furan rings is 1. The van der Waals surface area contributed by atoms with Crippen LogP contribution in [-0.4, -0.2) is 15.8 Å². The first-order chi connectivity index (χ1) is 14.5. The maximum absolute atomic E-state index is 12.7. The molecular weight excluding hydrogens is 422 g/mol. The number of carbonyl (C=O) groups excluding carboxylic acids is 1. The lowest BCUT2D eigenvalue weighted by molar-refractivity contribution is -0.402. The van der Waals surface area contributed by atoms with Crippen molar-refractivity contribution in [2.75, 3.05) is 5.32 Å². The smallest absolute Gasteiger partial charge is 0.395 e. The van der Waals surface area contributed by atoms with E-state index in [1.54, 1.807) is 22.7 Å².